The van der Waals surface area contributed by atoms with Crippen LogP contribution < -0.4 is 0 Å². The van der Waals surface area contributed by atoms with Crippen LogP contribution >= 0.6 is 0 Å². The molecular weight excluding hydrogens is 135 g/mol. The van der Waals surface area contributed by atoms with Crippen molar-refractivity contribution in [2.75, 3.05) is 18.4 Å². The van der Waals surface area contributed by atoms with Crippen molar-refractivity contribution in [1.29, 1.82) is 0 Å². The first-order chi connectivity index (χ1) is 3.62. The molecule has 0 aliphatic carbocycles. The number of halogens is 1. The maximum absolute atomic E-state index is 11.2. The molecular formula is C3H7FO3S. The first-order valence-corrected chi connectivity index (χ1v) is 3.82. The molecule has 0 radical (unpaired) electrons. The lowest BCUT2D eigenvalue weighted by Crippen LogP contribution is -2.11. The van der Waals surface area contributed by atoms with E-state index in [-0.39, 0.29) is 0 Å². The van der Waals surface area contributed by atoms with Gasteiger partial charge < -0.3 is 5.11 Å². The van der Waals surface area contributed by atoms with Crippen LogP contribution in [0.4, 0.5) is 4.39 Å². The van der Waals surface area contributed by atoms with Gasteiger partial charge in [0.25, 0.3) is 0 Å². The lowest BCUT2D eigenvalue weighted by atomic mass is 10.9. The van der Waals surface area contributed by atoms with Crippen molar-refractivity contribution >= 4 is 9.84 Å². The summed E-state index contributed by atoms with van der Waals surface area (Å²) in [5, 5.41) is 7.97. The van der Waals surface area contributed by atoms with Gasteiger partial charge in [-0.25, -0.2) is 12.8 Å². The van der Waals surface area contributed by atoms with Gasteiger partial charge in [0.05, 0.1) is 5.75 Å². The molecule has 0 aliphatic rings. The highest BCUT2D eigenvalue weighted by atomic mass is 32.2. The second-order valence-corrected chi connectivity index (χ2v) is 3.42. The summed E-state index contributed by atoms with van der Waals surface area (Å²) in [5.74, 6) is -1.54. The van der Waals surface area contributed by atoms with E-state index in [4.69, 9.17) is 5.11 Å². The van der Waals surface area contributed by atoms with Crippen LogP contribution in [0.25, 0.3) is 0 Å². The second-order valence-electron chi connectivity index (χ2n) is 1.27. The van der Waals surface area contributed by atoms with E-state index < -0.39 is 28.2 Å². The molecule has 3 nitrogen and oxygen atoms in total. The van der Waals surface area contributed by atoms with Crippen LogP contribution in [0.1, 0.15) is 0 Å². The Labute approximate surface area is 47.1 Å². The number of aliphatic hydroxyl groups excluding tert-OH is 1. The zero-order valence-corrected chi connectivity index (χ0v) is 4.99. The number of alkyl halides is 1. The van der Waals surface area contributed by atoms with Crippen LogP contribution in [0.3, 0.4) is 0 Å². The van der Waals surface area contributed by atoms with Crippen molar-refractivity contribution in [1.82, 2.24) is 0 Å². The predicted molar refractivity (Wildman–Crippen MR) is 26.8 cm³/mol. The molecule has 0 aromatic heterocycles. The Balaban J connectivity index is 3.76. The molecule has 5 heteroatoms. The van der Waals surface area contributed by atoms with E-state index in [1.54, 1.807) is 0 Å². The van der Waals surface area contributed by atoms with E-state index in [0.29, 0.717) is 0 Å². The standard InChI is InChI=1S/C3H7FO3S/c4-1-2-8(6,7)3-5/h5H,1-3H2. The first kappa shape index (κ1) is 7.84. The highest BCUT2D eigenvalue weighted by Gasteiger charge is 2.05. The third kappa shape index (κ3) is 2.92. The summed E-state index contributed by atoms with van der Waals surface area (Å²) < 4.78 is 31.4. The highest BCUT2D eigenvalue weighted by Crippen LogP contribution is 1.85. The van der Waals surface area contributed by atoms with Gasteiger partial charge in [0, 0.05) is 0 Å². The molecule has 0 atom stereocenters. The van der Waals surface area contributed by atoms with E-state index in [9.17, 15) is 12.8 Å². The second kappa shape index (κ2) is 2.99. The maximum atomic E-state index is 11.2. The summed E-state index contributed by atoms with van der Waals surface area (Å²) in [5.41, 5.74) is 0. The van der Waals surface area contributed by atoms with E-state index >= 15 is 0 Å². The zero-order chi connectivity index (χ0) is 6.62. The SMILES string of the molecule is O=S(=O)(CO)CCF. The Hall–Kier alpha value is -0.160. The quantitative estimate of drug-likeness (QED) is 0.568. The zero-order valence-electron chi connectivity index (χ0n) is 4.17. The average Bonchev–Trinajstić information content (AvgIpc) is 1.67. The Kier molecular flexibility index (Phi) is 2.93. The molecule has 0 heterocycles. The van der Waals surface area contributed by atoms with Crippen LogP contribution in [0.5, 0.6) is 0 Å². The van der Waals surface area contributed by atoms with Crippen molar-refractivity contribution in [3.05, 3.63) is 0 Å². The van der Waals surface area contributed by atoms with Crippen LogP contribution in [0.2, 0.25) is 0 Å². The van der Waals surface area contributed by atoms with Gasteiger partial charge in [-0.05, 0) is 0 Å². The van der Waals surface area contributed by atoms with E-state index in [2.05, 4.69) is 0 Å². The number of hydrogen-bond donors (Lipinski definition) is 1. The molecule has 0 fully saturated rings. The molecule has 0 aromatic rings. The fourth-order valence-corrected chi connectivity index (χ4v) is 0.546. The van der Waals surface area contributed by atoms with Gasteiger partial charge in [-0.2, -0.15) is 0 Å². The van der Waals surface area contributed by atoms with Gasteiger partial charge in [-0.3, -0.25) is 0 Å². The van der Waals surface area contributed by atoms with E-state index in [1.165, 1.54) is 0 Å². The third-order valence-corrected chi connectivity index (χ3v) is 1.75. The Morgan fingerprint density at radius 1 is 1.50 bits per heavy atom. The average molecular weight is 142 g/mol. The summed E-state index contributed by atoms with van der Waals surface area (Å²) in [6, 6.07) is 0. The summed E-state index contributed by atoms with van der Waals surface area (Å²) >= 11 is 0. The summed E-state index contributed by atoms with van der Waals surface area (Å²) in [6.45, 7) is -0.928. The minimum Gasteiger partial charge on any atom is -0.380 e. The van der Waals surface area contributed by atoms with E-state index in [1.807, 2.05) is 0 Å². The van der Waals surface area contributed by atoms with Gasteiger partial charge in [-0.1, -0.05) is 0 Å². The molecule has 0 saturated carbocycles. The molecule has 0 spiro atoms. The maximum Gasteiger partial charge on any atom is 0.176 e. The van der Waals surface area contributed by atoms with Crippen molar-refractivity contribution in [2.24, 2.45) is 0 Å². The number of sulfone groups is 1. The minimum atomic E-state index is -3.49. The Morgan fingerprint density at radius 3 is 2.12 bits per heavy atom. The number of aliphatic hydroxyl groups is 1. The largest absolute Gasteiger partial charge is 0.380 e. The molecule has 8 heavy (non-hydrogen) atoms. The number of hydrogen-bond acceptors (Lipinski definition) is 3. The predicted octanol–water partition coefficient (Wildman–Crippen LogP) is -0.679. The van der Waals surface area contributed by atoms with Crippen LogP contribution in [-0.2, 0) is 9.84 Å². The van der Waals surface area contributed by atoms with Gasteiger partial charge in [0.1, 0.15) is 12.6 Å². The lowest BCUT2D eigenvalue weighted by molar-refractivity contribution is 0.357. The normalized spacial score (nSPS) is 11.8. The van der Waals surface area contributed by atoms with Crippen LogP contribution in [0, 0.1) is 0 Å². The molecule has 0 aromatic carbocycles. The summed E-state index contributed by atoms with van der Waals surface area (Å²) in [7, 11) is -3.49. The topological polar surface area (TPSA) is 54.4 Å². The smallest absolute Gasteiger partial charge is 0.176 e. The molecule has 0 amide bonds. The lowest BCUT2D eigenvalue weighted by Gasteiger charge is -1.91. The van der Waals surface area contributed by atoms with Gasteiger partial charge >= 0.3 is 0 Å². The fraction of sp³-hybridized carbons (Fsp3) is 1.00. The van der Waals surface area contributed by atoms with Crippen molar-refractivity contribution in [2.45, 2.75) is 0 Å². The van der Waals surface area contributed by atoms with Crippen molar-refractivity contribution in [3.8, 4) is 0 Å². The molecule has 0 bridgehead atoms. The van der Waals surface area contributed by atoms with Crippen molar-refractivity contribution < 1.29 is 17.9 Å². The third-order valence-electron chi connectivity index (χ3n) is 0.585. The monoisotopic (exact) mass is 142 g/mol. The summed E-state index contributed by atoms with van der Waals surface area (Å²) in [6.07, 6.45) is 0. The molecule has 0 aliphatic heterocycles. The molecule has 50 valence electrons. The summed E-state index contributed by atoms with van der Waals surface area (Å²) in [4.78, 5) is 0. The Bertz CT molecular complexity index is 139. The van der Waals surface area contributed by atoms with Gasteiger partial charge in [0.15, 0.2) is 9.84 Å². The van der Waals surface area contributed by atoms with Crippen LogP contribution in [0.15, 0.2) is 0 Å². The Morgan fingerprint density at radius 2 is 2.00 bits per heavy atom. The van der Waals surface area contributed by atoms with Crippen molar-refractivity contribution in [3.63, 3.8) is 0 Å². The molecule has 0 rings (SSSR count). The van der Waals surface area contributed by atoms with Gasteiger partial charge in [0.2, 0.25) is 0 Å². The fourth-order valence-electron chi connectivity index (χ4n) is 0.182. The highest BCUT2D eigenvalue weighted by molar-refractivity contribution is 7.91. The van der Waals surface area contributed by atoms with Crippen LogP contribution in [-0.4, -0.2) is 31.9 Å². The minimum absolute atomic E-state index is 0.580. The molecule has 0 saturated heterocycles. The first-order valence-electron chi connectivity index (χ1n) is 1.99. The number of rotatable bonds is 3. The van der Waals surface area contributed by atoms with E-state index in [0.717, 1.165) is 0 Å². The molecule has 1 N–H and O–H groups in total. The van der Waals surface area contributed by atoms with Gasteiger partial charge in [-0.15, -0.1) is 0 Å². The molecule has 0 unspecified atom stereocenters.